The van der Waals surface area contributed by atoms with Crippen molar-refractivity contribution in [3.63, 3.8) is 0 Å². The fourth-order valence-corrected chi connectivity index (χ4v) is 3.93. The fourth-order valence-electron chi connectivity index (χ4n) is 2.86. The molecule has 1 N–H and O–H groups in total. The van der Waals surface area contributed by atoms with E-state index in [4.69, 9.17) is 4.98 Å². The second-order valence-electron chi connectivity index (χ2n) is 5.49. The van der Waals surface area contributed by atoms with Crippen LogP contribution in [0.15, 0.2) is 24.3 Å². The Morgan fingerprint density at radius 3 is 2.85 bits per heavy atom. The molecule has 0 radical (unpaired) electrons. The Bertz CT molecular complexity index is 512. The van der Waals surface area contributed by atoms with E-state index in [1.807, 2.05) is 11.3 Å². The molecule has 4 heteroatoms. The van der Waals surface area contributed by atoms with Crippen molar-refractivity contribution in [1.82, 2.24) is 10.3 Å². The maximum Gasteiger partial charge on any atom is 0.186 e. The first-order valence-electron chi connectivity index (χ1n) is 7.71. The maximum absolute atomic E-state index is 4.87. The summed E-state index contributed by atoms with van der Waals surface area (Å²) in [6, 6.07) is 9.13. The molecule has 1 aromatic carbocycles. The Kier molecular flexibility index (Phi) is 4.53. The van der Waals surface area contributed by atoms with Crippen LogP contribution in [0.5, 0.6) is 0 Å². The molecule has 1 saturated heterocycles. The highest BCUT2D eigenvalue weighted by Gasteiger charge is 2.23. The van der Waals surface area contributed by atoms with Crippen molar-refractivity contribution >= 4 is 26.7 Å². The third kappa shape index (κ3) is 2.96. The third-order valence-electron chi connectivity index (χ3n) is 4.03. The molecule has 0 amide bonds. The van der Waals surface area contributed by atoms with Crippen LogP contribution < -0.4 is 10.2 Å². The number of para-hydroxylation sites is 1. The van der Waals surface area contributed by atoms with E-state index in [0.29, 0.717) is 6.04 Å². The van der Waals surface area contributed by atoms with E-state index < -0.39 is 0 Å². The van der Waals surface area contributed by atoms with E-state index in [-0.39, 0.29) is 0 Å². The summed E-state index contributed by atoms with van der Waals surface area (Å²) in [6.07, 6.45) is 4.96. The SMILES string of the molecule is CCCCN(c1nc2ccccc2s1)C1CCNCC1. The number of fused-ring (bicyclic) bond motifs is 1. The molecule has 1 aromatic heterocycles. The zero-order valence-corrected chi connectivity index (χ0v) is 13.0. The summed E-state index contributed by atoms with van der Waals surface area (Å²) >= 11 is 1.84. The van der Waals surface area contributed by atoms with Gasteiger partial charge in [-0.2, -0.15) is 0 Å². The van der Waals surface area contributed by atoms with Crippen LogP contribution in [0.4, 0.5) is 5.13 Å². The molecule has 0 atom stereocenters. The van der Waals surface area contributed by atoms with Crippen molar-refractivity contribution < 1.29 is 0 Å². The molecule has 108 valence electrons. The number of thiazole rings is 1. The van der Waals surface area contributed by atoms with E-state index in [0.717, 1.165) is 25.2 Å². The van der Waals surface area contributed by atoms with Gasteiger partial charge in [-0.15, -0.1) is 0 Å². The number of rotatable bonds is 5. The van der Waals surface area contributed by atoms with Gasteiger partial charge in [-0.3, -0.25) is 0 Å². The molecule has 2 aromatic rings. The summed E-state index contributed by atoms with van der Waals surface area (Å²) in [5.41, 5.74) is 1.14. The van der Waals surface area contributed by atoms with E-state index in [9.17, 15) is 0 Å². The van der Waals surface area contributed by atoms with Crippen molar-refractivity contribution in [2.75, 3.05) is 24.5 Å². The van der Waals surface area contributed by atoms with Crippen molar-refractivity contribution in [3.8, 4) is 0 Å². The summed E-state index contributed by atoms with van der Waals surface area (Å²) in [5, 5.41) is 4.67. The Labute approximate surface area is 125 Å². The zero-order chi connectivity index (χ0) is 13.8. The Morgan fingerprint density at radius 1 is 1.30 bits per heavy atom. The van der Waals surface area contributed by atoms with E-state index in [1.165, 1.54) is 35.5 Å². The van der Waals surface area contributed by atoms with Gasteiger partial charge in [-0.1, -0.05) is 36.8 Å². The highest BCUT2D eigenvalue weighted by atomic mass is 32.1. The summed E-state index contributed by atoms with van der Waals surface area (Å²) in [7, 11) is 0. The molecule has 0 aliphatic carbocycles. The molecule has 20 heavy (non-hydrogen) atoms. The van der Waals surface area contributed by atoms with Crippen LogP contribution in [-0.2, 0) is 0 Å². The number of aromatic nitrogens is 1. The quantitative estimate of drug-likeness (QED) is 0.910. The number of hydrogen-bond donors (Lipinski definition) is 1. The summed E-state index contributed by atoms with van der Waals surface area (Å²) < 4.78 is 1.30. The third-order valence-corrected chi connectivity index (χ3v) is 5.10. The molecule has 0 unspecified atom stereocenters. The molecular formula is C16H23N3S. The van der Waals surface area contributed by atoms with Crippen molar-refractivity contribution in [2.45, 2.75) is 38.6 Å². The van der Waals surface area contributed by atoms with Gasteiger partial charge in [0.05, 0.1) is 10.2 Å². The average molecular weight is 289 g/mol. The lowest BCUT2D eigenvalue weighted by Crippen LogP contribution is -2.43. The van der Waals surface area contributed by atoms with Gasteiger partial charge < -0.3 is 10.2 Å². The minimum Gasteiger partial charge on any atom is -0.345 e. The summed E-state index contributed by atoms with van der Waals surface area (Å²) in [4.78, 5) is 7.43. The summed E-state index contributed by atoms with van der Waals surface area (Å²) in [6.45, 7) is 5.68. The zero-order valence-electron chi connectivity index (χ0n) is 12.1. The normalized spacial score (nSPS) is 16.6. The molecule has 1 aliphatic heterocycles. The van der Waals surface area contributed by atoms with Gasteiger partial charge in [0.15, 0.2) is 5.13 Å². The van der Waals surface area contributed by atoms with Gasteiger partial charge in [0.2, 0.25) is 0 Å². The maximum atomic E-state index is 4.87. The topological polar surface area (TPSA) is 28.2 Å². The van der Waals surface area contributed by atoms with E-state index in [1.54, 1.807) is 0 Å². The predicted octanol–water partition coefficient (Wildman–Crippen LogP) is 3.65. The molecular weight excluding hydrogens is 266 g/mol. The van der Waals surface area contributed by atoms with Gasteiger partial charge >= 0.3 is 0 Å². The minimum absolute atomic E-state index is 0.656. The largest absolute Gasteiger partial charge is 0.345 e. The van der Waals surface area contributed by atoms with Gasteiger partial charge in [0, 0.05) is 12.6 Å². The number of benzene rings is 1. The molecule has 0 spiro atoms. The first kappa shape index (κ1) is 13.8. The number of nitrogens with zero attached hydrogens (tertiary/aromatic N) is 2. The number of piperidine rings is 1. The van der Waals surface area contributed by atoms with E-state index >= 15 is 0 Å². The predicted molar refractivity (Wildman–Crippen MR) is 87.8 cm³/mol. The molecule has 3 rings (SSSR count). The molecule has 0 saturated carbocycles. The first-order valence-corrected chi connectivity index (χ1v) is 8.53. The second-order valence-corrected chi connectivity index (χ2v) is 6.50. The highest BCUT2D eigenvalue weighted by molar-refractivity contribution is 7.22. The molecule has 0 bridgehead atoms. The second kappa shape index (κ2) is 6.55. The Morgan fingerprint density at radius 2 is 2.10 bits per heavy atom. The van der Waals surface area contributed by atoms with Crippen molar-refractivity contribution in [2.24, 2.45) is 0 Å². The number of hydrogen-bond acceptors (Lipinski definition) is 4. The monoisotopic (exact) mass is 289 g/mol. The fraction of sp³-hybridized carbons (Fsp3) is 0.562. The van der Waals surface area contributed by atoms with Crippen LogP contribution in [0, 0.1) is 0 Å². The van der Waals surface area contributed by atoms with Crippen LogP contribution in [0.25, 0.3) is 10.2 Å². The standard InChI is InChI=1S/C16H23N3S/c1-2-3-12-19(13-8-10-17-11-9-13)16-18-14-6-4-5-7-15(14)20-16/h4-7,13,17H,2-3,8-12H2,1H3. The Hall–Kier alpha value is -1.13. The smallest absolute Gasteiger partial charge is 0.186 e. The molecule has 1 aliphatic rings. The lowest BCUT2D eigenvalue weighted by Gasteiger charge is -2.34. The lowest BCUT2D eigenvalue weighted by molar-refractivity contribution is 0.426. The van der Waals surface area contributed by atoms with Crippen LogP contribution >= 0.6 is 11.3 Å². The van der Waals surface area contributed by atoms with Crippen LogP contribution in [0.3, 0.4) is 0 Å². The highest BCUT2D eigenvalue weighted by Crippen LogP contribution is 2.31. The minimum atomic E-state index is 0.656. The summed E-state index contributed by atoms with van der Waals surface area (Å²) in [5.74, 6) is 0. The van der Waals surface area contributed by atoms with Crippen LogP contribution in [0.1, 0.15) is 32.6 Å². The van der Waals surface area contributed by atoms with Crippen LogP contribution in [-0.4, -0.2) is 30.7 Å². The van der Waals surface area contributed by atoms with Gasteiger partial charge in [0.1, 0.15) is 0 Å². The van der Waals surface area contributed by atoms with Gasteiger partial charge in [0.25, 0.3) is 0 Å². The number of nitrogens with one attached hydrogen (secondary N) is 1. The molecule has 1 fully saturated rings. The van der Waals surface area contributed by atoms with Crippen molar-refractivity contribution in [1.29, 1.82) is 0 Å². The van der Waals surface area contributed by atoms with Crippen molar-refractivity contribution in [3.05, 3.63) is 24.3 Å². The molecule has 3 nitrogen and oxygen atoms in total. The lowest BCUT2D eigenvalue weighted by atomic mass is 10.0. The van der Waals surface area contributed by atoms with Crippen LogP contribution in [0.2, 0.25) is 0 Å². The first-order chi connectivity index (χ1) is 9.88. The average Bonchev–Trinajstić information content (AvgIpc) is 2.92. The number of unbranched alkanes of at least 4 members (excludes halogenated alkanes) is 1. The van der Waals surface area contributed by atoms with E-state index in [2.05, 4.69) is 41.4 Å². The Balaban J connectivity index is 1.86. The van der Waals surface area contributed by atoms with Gasteiger partial charge in [-0.25, -0.2) is 4.98 Å². The molecule has 2 heterocycles. The number of anilines is 1. The van der Waals surface area contributed by atoms with Gasteiger partial charge in [-0.05, 0) is 44.5 Å².